The molecule has 200 valence electrons. The number of nitrogens with zero attached hydrogens (tertiary/aromatic N) is 2. The topological polar surface area (TPSA) is 52.0 Å². The van der Waals surface area contributed by atoms with Crippen molar-refractivity contribution in [3.05, 3.63) is 118 Å². The first-order chi connectivity index (χ1) is 18.9. The smallest absolute Gasteiger partial charge is 0.132 e. The van der Waals surface area contributed by atoms with E-state index in [-0.39, 0.29) is 11.6 Å². The quantitative estimate of drug-likeness (QED) is 0.209. The zero-order valence-electron chi connectivity index (χ0n) is 22.3. The van der Waals surface area contributed by atoms with Gasteiger partial charge in [-0.15, -0.1) is 6.58 Å². The molecule has 39 heavy (non-hydrogen) atoms. The number of hydrogen-bond donors (Lipinski definition) is 1. The number of aromatic amines is 1. The number of rotatable bonds is 11. The predicted molar refractivity (Wildman–Crippen MR) is 150 cm³/mol. The minimum Gasteiger partial charge on any atom is -0.361 e. The van der Waals surface area contributed by atoms with Gasteiger partial charge in [0.1, 0.15) is 17.2 Å². The van der Waals surface area contributed by atoms with Crippen LogP contribution in [0.25, 0.3) is 10.9 Å². The van der Waals surface area contributed by atoms with Crippen molar-refractivity contribution in [1.82, 2.24) is 9.88 Å². The van der Waals surface area contributed by atoms with Crippen molar-refractivity contribution in [3.8, 4) is 6.07 Å². The van der Waals surface area contributed by atoms with E-state index < -0.39 is 5.60 Å². The van der Waals surface area contributed by atoms with Gasteiger partial charge < -0.3 is 9.72 Å². The van der Waals surface area contributed by atoms with Gasteiger partial charge in [-0.25, -0.2) is 8.78 Å². The Morgan fingerprint density at radius 1 is 1.10 bits per heavy atom. The van der Waals surface area contributed by atoms with E-state index in [1.54, 1.807) is 24.3 Å². The third kappa shape index (κ3) is 5.38. The molecule has 4 nitrogen and oxygen atoms in total. The number of fused-ring (bicyclic) bond motifs is 2. The number of nitriles is 1. The molecule has 1 unspecified atom stereocenters. The van der Waals surface area contributed by atoms with Crippen LogP contribution < -0.4 is 0 Å². The van der Waals surface area contributed by atoms with Crippen LogP contribution in [0.4, 0.5) is 8.78 Å². The van der Waals surface area contributed by atoms with Gasteiger partial charge in [0.15, 0.2) is 0 Å². The second-order valence-corrected chi connectivity index (χ2v) is 10.3. The molecule has 1 aliphatic rings. The van der Waals surface area contributed by atoms with E-state index in [4.69, 9.17) is 4.74 Å². The number of hydrogen-bond acceptors (Lipinski definition) is 3. The number of aryl methyl sites for hydroxylation is 2. The molecule has 0 aliphatic carbocycles. The summed E-state index contributed by atoms with van der Waals surface area (Å²) >= 11 is 0. The summed E-state index contributed by atoms with van der Waals surface area (Å²) in [5, 5.41) is 10.0. The van der Waals surface area contributed by atoms with Gasteiger partial charge in [0, 0.05) is 18.1 Å². The van der Waals surface area contributed by atoms with E-state index in [1.165, 1.54) is 12.1 Å². The first kappa shape index (κ1) is 26.8. The Balaban J connectivity index is 1.28. The lowest BCUT2D eigenvalue weighted by Gasteiger charge is -2.32. The molecule has 0 saturated carbocycles. The lowest BCUT2D eigenvalue weighted by molar-refractivity contribution is -0.0144. The lowest BCUT2D eigenvalue weighted by Crippen LogP contribution is -2.31. The van der Waals surface area contributed by atoms with Gasteiger partial charge in [0.05, 0.1) is 23.8 Å². The predicted octanol–water partition coefficient (Wildman–Crippen LogP) is 7.30. The highest BCUT2D eigenvalue weighted by Crippen LogP contribution is 2.45. The van der Waals surface area contributed by atoms with Crippen molar-refractivity contribution >= 4 is 10.9 Å². The Hall–Kier alpha value is -3.79. The Bertz CT molecular complexity index is 1520. The van der Waals surface area contributed by atoms with Crippen molar-refractivity contribution in [1.29, 1.82) is 5.26 Å². The van der Waals surface area contributed by atoms with Crippen molar-refractivity contribution in [2.75, 3.05) is 19.6 Å². The fraction of sp³-hybridized carbons (Fsp3) is 0.303. The number of halogens is 2. The van der Waals surface area contributed by atoms with Crippen molar-refractivity contribution < 1.29 is 13.5 Å². The third-order valence-electron chi connectivity index (χ3n) is 7.84. The maximum absolute atomic E-state index is 14.5. The fourth-order valence-corrected chi connectivity index (χ4v) is 5.90. The van der Waals surface area contributed by atoms with E-state index in [1.807, 2.05) is 37.4 Å². The lowest BCUT2D eigenvalue weighted by atomic mass is 9.81. The highest BCUT2D eigenvalue weighted by atomic mass is 19.1. The maximum Gasteiger partial charge on any atom is 0.132 e. The zero-order valence-corrected chi connectivity index (χ0v) is 22.3. The van der Waals surface area contributed by atoms with Crippen LogP contribution in [0.3, 0.4) is 0 Å². The normalized spacial score (nSPS) is 16.5. The summed E-state index contributed by atoms with van der Waals surface area (Å²) in [6.45, 7) is 8.80. The maximum atomic E-state index is 14.5. The minimum atomic E-state index is -0.684. The van der Waals surface area contributed by atoms with Gasteiger partial charge in [-0.2, -0.15) is 5.26 Å². The van der Waals surface area contributed by atoms with Crippen LogP contribution in [0.5, 0.6) is 0 Å². The van der Waals surface area contributed by atoms with Crippen LogP contribution in [0, 0.1) is 29.9 Å². The molecule has 1 N–H and O–H groups in total. The minimum absolute atomic E-state index is 0.181. The third-order valence-corrected chi connectivity index (χ3v) is 7.84. The number of nitrogens with one attached hydrogen (secondary N) is 1. The Kier molecular flexibility index (Phi) is 7.92. The molecular weight excluding hydrogens is 492 g/mol. The van der Waals surface area contributed by atoms with Gasteiger partial charge >= 0.3 is 0 Å². The summed E-state index contributed by atoms with van der Waals surface area (Å²) in [7, 11) is 0. The summed E-state index contributed by atoms with van der Waals surface area (Å²) in [5.74, 6) is -0.464. The first-order valence-corrected chi connectivity index (χ1v) is 13.5. The molecule has 4 aromatic rings. The summed E-state index contributed by atoms with van der Waals surface area (Å²) in [6.07, 6.45) is 7.09. The Morgan fingerprint density at radius 2 is 1.90 bits per heavy atom. The van der Waals surface area contributed by atoms with Crippen LogP contribution in [0.2, 0.25) is 0 Å². The molecule has 0 radical (unpaired) electrons. The van der Waals surface area contributed by atoms with Crippen LogP contribution >= 0.6 is 0 Å². The summed E-state index contributed by atoms with van der Waals surface area (Å²) in [5.41, 5.74) is 5.80. The second kappa shape index (κ2) is 11.5. The second-order valence-electron chi connectivity index (χ2n) is 10.3. The fourth-order valence-electron chi connectivity index (χ4n) is 5.90. The van der Waals surface area contributed by atoms with Crippen molar-refractivity contribution in [2.24, 2.45) is 0 Å². The summed E-state index contributed by atoms with van der Waals surface area (Å²) in [4.78, 5) is 5.60. The first-order valence-electron chi connectivity index (χ1n) is 13.5. The Morgan fingerprint density at radius 3 is 2.67 bits per heavy atom. The molecule has 0 spiro atoms. The molecule has 0 amide bonds. The van der Waals surface area contributed by atoms with Crippen molar-refractivity contribution in [2.45, 2.75) is 44.8 Å². The van der Waals surface area contributed by atoms with Gasteiger partial charge in [-0.1, -0.05) is 30.3 Å². The summed E-state index contributed by atoms with van der Waals surface area (Å²) in [6, 6.07) is 17.8. The van der Waals surface area contributed by atoms with E-state index >= 15 is 0 Å². The molecule has 0 saturated heterocycles. The molecule has 5 rings (SSSR count). The zero-order chi connectivity index (χ0) is 27.4. The molecule has 6 heteroatoms. The van der Waals surface area contributed by atoms with Crippen LogP contribution in [-0.4, -0.2) is 29.5 Å². The largest absolute Gasteiger partial charge is 0.361 e. The molecule has 0 bridgehead atoms. The van der Waals surface area contributed by atoms with Crippen LogP contribution in [0.15, 0.2) is 73.4 Å². The van der Waals surface area contributed by atoms with Crippen LogP contribution in [-0.2, 0) is 23.4 Å². The molecule has 3 aromatic carbocycles. The Labute approximate surface area is 228 Å². The average molecular weight is 526 g/mol. The highest BCUT2D eigenvalue weighted by Gasteiger charge is 2.41. The number of ether oxygens (including phenoxy) is 1. The standard InChI is InChI=1S/C33H33F2N3O/c1-3-16-38(17-4-6-25-21-37-32-23(2)7-14-30(35)31(25)32)18-5-15-33(27-9-11-28(34)12-10-27)29-13-8-24(20-36)19-26(29)22-39-33/h3,7-14,19,21,37H,1,4-6,15-18,22H2,2H3. The molecule has 0 fully saturated rings. The molecule has 1 aromatic heterocycles. The van der Waals surface area contributed by atoms with E-state index in [0.29, 0.717) is 17.6 Å². The molecular formula is C33H33F2N3O. The monoisotopic (exact) mass is 525 g/mol. The van der Waals surface area contributed by atoms with Crippen molar-refractivity contribution in [3.63, 3.8) is 0 Å². The van der Waals surface area contributed by atoms with E-state index in [0.717, 1.165) is 78.7 Å². The SMILES string of the molecule is C=CCN(CCCc1c[nH]c2c(C)ccc(F)c12)CCCC1(c2ccc(F)cc2)OCc2cc(C#N)ccc21. The van der Waals surface area contributed by atoms with E-state index in [2.05, 4.69) is 22.5 Å². The molecule has 1 atom stereocenters. The van der Waals surface area contributed by atoms with Gasteiger partial charge in [0.25, 0.3) is 0 Å². The number of H-pyrrole nitrogens is 1. The van der Waals surface area contributed by atoms with Gasteiger partial charge in [-0.3, -0.25) is 4.90 Å². The highest BCUT2D eigenvalue weighted by molar-refractivity contribution is 5.86. The molecule has 2 heterocycles. The summed E-state index contributed by atoms with van der Waals surface area (Å²) < 4.78 is 34.8. The van der Waals surface area contributed by atoms with Gasteiger partial charge in [-0.05, 0) is 104 Å². The van der Waals surface area contributed by atoms with Crippen LogP contribution in [0.1, 0.15) is 52.6 Å². The van der Waals surface area contributed by atoms with Gasteiger partial charge in [0.2, 0.25) is 0 Å². The van der Waals surface area contributed by atoms with E-state index in [9.17, 15) is 14.0 Å². The molecule has 1 aliphatic heterocycles. The average Bonchev–Trinajstić information content (AvgIpc) is 3.54. The number of aromatic nitrogens is 1. The number of benzene rings is 3.